The first kappa shape index (κ1) is 9.97. The predicted molar refractivity (Wildman–Crippen MR) is 55.7 cm³/mol. The highest BCUT2D eigenvalue weighted by Gasteiger charge is 2.38. The number of hydrogen-bond donors (Lipinski definition) is 1. The van der Waals surface area contributed by atoms with Crippen LogP contribution in [0.3, 0.4) is 0 Å². The highest BCUT2D eigenvalue weighted by atomic mass is 16.2. The van der Waals surface area contributed by atoms with Crippen LogP contribution in [0, 0.1) is 5.92 Å². The molecule has 2 aliphatic rings. The molecule has 3 atom stereocenters. The summed E-state index contributed by atoms with van der Waals surface area (Å²) in [4.78, 5) is 13.8. The van der Waals surface area contributed by atoms with Crippen LogP contribution in [0.1, 0.15) is 39.0 Å². The summed E-state index contributed by atoms with van der Waals surface area (Å²) < 4.78 is 0. The lowest BCUT2D eigenvalue weighted by Gasteiger charge is -2.32. The molecule has 1 aliphatic carbocycles. The second-order valence-corrected chi connectivity index (χ2v) is 4.72. The van der Waals surface area contributed by atoms with Gasteiger partial charge in [-0.25, -0.2) is 0 Å². The Labute approximate surface area is 85.6 Å². The van der Waals surface area contributed by atoms with Crippen LogP contribution in [0.15, 0.2) is 0 Å². The van der Waals surface area contributed by atoms with Gasteiger partial charge in [0.25, 0.3) is 0 Å². The molecule has 1 aliphatic heterocycles. The number of fused-ring (bicyclic) bond motifs is 1. The van der Waals surface area contributed by atoms with E-state index in [1.165, 1.54) is 32.1 Å². The molecule has 1 heterocycles. The first-order valence-corrected chi connectivity index (χ1v) is 5.76. The molecule has 2 fully saturated rings. The summed E-state index contributed by atoms with van der Waals surface area (Å²) in [7, 11) is 0. The molecule has 2 N–H and O–H groups in total. The number of nitrogens with zero attached hydrogens (tertiary/aromatic N) is 1. The van der Waals surface area contributed by atoms with Crippen LogP contribution < -0.4 is 5.73 Å². The Balaban J connectivity index is 2.03. The largest absolute Gasteiger partial charge is 0.338 e. The highest BCUT2D eigenvalue weighted by molar-refractivity contribution is 5.81. The molecule has 1 saturated carbocycles. The van der Waals surface area contributed by atoms with Crippen molar-refractivity contribution >= 4 is 5.91 Å². The van der Waals surface area contributed by atoms with E-state index in [0.717, 1.165) is 12.5 Å². The number of carbonyl (C=O) groups is 1. The molecule has 3 nitrogen and oxygen atoms in total. The Hall–Kier alpha value is -0.570. The average molecular weight is 196 g/mol. The average Bonchev–Trinajstić information content (AvgIpc) is 2.60. The van der Waals surface area contributed by atoms with Gasteiger partial charge in [-0.1, -0.05) is 12.8 Å². The third kappa shape index (κ3) is 1.65. The number of likely N-dealkylation sites (tertiary alicyclic amines) is 1. The van der Waals surface area contributed by atoms with Gasteiger partial charge in [-0.3, -0.25) is 4.79 Å². The minimum atomic E-state index is -0.323. The fourth-order valence-electron chi connectivity index (χ4n) is 2.94. The van der Waals surface area contributed by atoms with Crippen LogP contribution in [0.5, 0.6) is 0 Å². The molecule has 0 bridgehead atoms. The van der Waals surface area contributed by atoms with Gasteiger partial charge < -0.3 is 10.6 Å². The van der Waals surface area contributed by atoms with E-state index in [4.69, 9.17) is 5.73 Å². The summed E-state index contributed by atoms with van der Waals surface area (Å²) >= 11 is 0. The van der Waals surface area contributed by atoms with E-state index in [-0.39, 0.29) is 11.9 Å². The van der Waals surface area contributed by atoms with Gasteiger partial charge in [-0.2, -0.15) is 0 Å². The van der Waals surface area contributed by atoms with E-state index in [2.05, 4.69) is 0 Å². The Morgan fingerprint density at radius 2 is 2.07 bits per heavy atom. The molecule has 14 heavy (non-hydrogen) atoms. The summed E-state index contributed by atoms with van der Waals surface area (Å²) in [6.07, 6.45) is 6.34. The molecule has 1 amide bonds. The van der Waals surface area contributed by atoms with Crippen molar-refractivity contribution in [1.82, 2.24) is 4.90 Å². The fraction of sp³-hybridized carbons (Fsp3) is 0.909. The summed E-state index contributed by atoms with van der Waals surface area (Å²) in [6, 6.07) is 0.193. The van der Waals surface area contributed by atoms with Crippen LogP contribution in [-0.2, 0) is 4.79 Å². The van der Waals surface area contributed by atoms with Crippen molar-refractivity contribution < 1.29 is 4.79 Å². The van der Waals surface area contributed by atoms with E-state index in [1.807, 2.05) is 4.90 Å². The molecule has 3 heteroatoms. The molecule has 2 rings (SSSR count). The minimum Gasteiger partial charge on any atom is -0.338 e. The van der Waals surface area contributed by atoms with E-state index in [1.54, 1.807) is 6.92 Å². The van der Waals surface area contributed by atoms with E-state index in [0.29, 0.717) is 6.04 Å². The third-order valence-electron chi connectivity index (χ3n) is 3.68. The molecule has 3 unspecified atom stereocenters. The molecular weight excluding hydrogens is 176 g/mol. The molecule has 80 valence electrons. The fourth-order valence-corrected chi connectivity index (χ4v) is 2.94. The highest BCUT2D eigenvalue weighted by Crippen LogP contribution is 2.36. The van der Waals surface area contributed by atoms with Gasteiger partial charge >= 0.3 is 0 Å². The van der Waals surface area contributed by atoms with Gasteiger partial charge in [0.1, 0.15) is 0 Å². The molecular formula is C11H20N2O. The summed E-state index contributed by atoms with van der Waals surface area (Å²) in [5, 5.41) is 0. The van der Waals surface area contributed by atoms with Gasteiger partial charge in [0, 0.05) is 12.6 Å². The van der Waals surface area contributed by atoms with Crippen LogP contribution in [-0.4, -0.2) is 29.4 Å². The van der Waals surface area contributed by atoms with Gasteiger partial charge in [0.15, 0.2) is 0 Å². The van der Waals surface area contributed by atoms with Crippen molar-refractivity contribution in [3.63, 3.8) is 0 Å². The van der Waals surface area contributed by atoms with Gasteiger partial charge in [0.2, 0.25) is 5.91 Å². The van der Waals surface area contributed by atoms with E-state index in [9.17, 15) is 4.79 Å². The topological polar surface area (TPSA) is 46.3 Å². The van der Waals surface area contributed by atoms with Crippen molar-refractivity contribution in [2.75, 3.05) is 6.54 Å². The Kier molecular flexibility index (Phi) is 2.77. The Morgan fingerprint density at radius 3 is 2.79 bits per heavy atom. The van der Waals surface area contributed by atoms with Crippen LogP contribution >= 0.6 is 0 Å². The number of carbonyl (C=O) groups excluding carboxylic acids is 1. The van der Waals surface area contributed by atoms with Crippen molar-refractivity contribution in [2.45, 2.75) is 51.1 Å². The zero-order valence-electron chi connectivity index (χ0n) is 8.91. The number of amides is 1. The predicted octanol–water partition coefficient (Wildman–Crippen LogP) is 1.12. The maximum Gasteiger partial charge on any atom is 0.239 e. The lowest BCUT2D eigenvalue weighted by Crippen LogP contribution is -2.46. The van der Waals surface area contributed by atoms with Gasteiger partial charge in [0.05, 0.1) is 6.04 Å². The monoisotopic (exact) mass is 196 g/mol. The van der Waals surface area contributed by atoms with E-state index < -0.39 is 0 Å². The molecule has 0 aromatic carbocycles. The standard InChI is InChI=1S/C11H20N2O/c1-8(12)11(14)13-7-6-9-4-2-3-5-10(9)13/h8-10H,2-7,12H2,1H3. The van der Waals surface area contributed by atoms with Crippen LogP contribution in [0.2, 0.25) is 0 Å². The zero-order valence-corrected chi connectivity index (χ0v) is 8.91. The van der Waals surface area contributed by atoms with Gasteiger partial charge in [-0.15, -0.1) is 0 Å². The van der Waals surface area contributed by atoms with E-state index >= 15 is 0 Å². The zero-order chi connectivity index (χ0) is 10.1. The second kappa shape index (κ2) is 3.89. The minimum absolute atomic E-state index is 0.152. The van der Waals surface area contributed by atoms with Gasteiger partial charge in [-0.05, 0) is 32.1 Å². The third-order valence-corrected chi connectivity index (χ3v) is 3.68. The SMILES string of the molecule is CC(N)C(=O)N1CCC2CCCCC21. The normalized spacial score (nSPS) is 34.0. The number of nitrogens with two attached hydrogens (primary N) is 1. The smallest absolute Gasteiger partial charge is 0.239 e. The first-order valence-electron chi connectivity index (χ1n) is 5.76. The summed E-state index contributed by atoms with van der Waals surface area (Å²) in [6.45, 7) is 2.73. The molecule has 1 saturated heterocycles. The molecule has 0 aromatic rings. The Bertz CT molecular complexity index is 227. The first-order chi connectivity index (χ1) is 6.70. The lowest BCUT2D eigenvalue weighted by molar-refractivity contribution is -0.133. The number of rotatable bonds is 1. The summed E-state index contributed by atoms with van der Waals surface area (Å²) in [5.74, 6) is 0.922. The molecule has 0 radical (unpaired) electrons. The van der Waals surface area contributed by atoms with Crippen LogP contribution in [0.4, 0.5) is 0 Å². The lowest BCUT2D eigenvalue weighted by atomic mass is 9.85. The van der Waals surface area contributed by atoms with Crippen molar-refractivity contribution in [3.05, 3.63) is 0 Å². The Morgan fingerprint density at radius 1 is 1.36 bits per heavy atom. The van der Waals surface area contributed by atoms with Crippen molar-refractivity contribution in [3.8, 4) is 0 Å². The second-order valence-electron chi connectivity index (χ2n) is 4.72. The maximum absolute atomic E-state index is 11.8. The number of hydrogen-bond acceptors (Lipinski definition) is 2. The van der Waals surface area contributed by atoms with Crippen LogP contribution in [0.25, 0.3) is 0 Å². The molecule has 0 spiro atoms. The van der Waals surface area contributed by atoms with Crippen molar-refractivity contribution in [1.29, 1.82) is 0 Å². The maximum atomic E-state index is 11.8. The molecule has 0 aromatic heterocycles. The van der Waals surface area contributed by atoms with Crippen molar-refractivity contribution in [2.24, 2.45) is 11.7 Å². The summed E-state index contributed by atoms with van der Waals surface area (Å²) in [5.41, 5.74) is 5.65. The quantitative estimate of drug-likeness (QED) is 0.683.